The minimum absolute atomic E-state index is 0.471. The molecule has 1 aliphatic rings. The number of furan rings is 1. The summed E-state index contributed by atoms with van der Waals surface area (Å²) in [7, 11) is 0. The summed E-state index contributed by atoms with van der Waals surface area (Å²) < 4.78 is 8.19. The van der Waals surface area contributed by atoms with E-state index in [0.717, 1.165) is 39.4 Å². The number of aliphatic imine (C=N–C) groups is 1. The lowest BCUT2D eigenvalue weighted by Crippen LogP contribution is -2.07. The van der Waals surface area contributed by atoms with E-state index >= 15 is 0 Å². The van der Waals surface area contributed by atoms with Crippen LogP contribution in [-0.2, 0) is 6.54 Å². The summed E-state index contributed by atoms with van der Waals surface area (Å²) in [5.74, 6) is 0.751. The van der Waals surface area contributed by atoms with Gasteiger partial charge in [0.2, 0.25) is 0 Å². The summed E-state index contributed by atoms with van der Waals surface area (Å²) >= 11 is 12.7. The summed E-state index contributed by atoms with van der Waals surface area (Å²) in [6, 6.07) is 15.9. The van der Waals surface area contributed by atoms with Crippen molar-refractivity contribution in [3.63, 3.8) is 0 Å². The molecule has 2 aromatic carbocycles. The van der Waals surface area contributed by atoms with Crippen LogP contribution in [0.5, 0.6) is 0 Å². The zero-order valence-corrected chi connectivity index (χ0v) is 15.5. The Morgan fingerprint density at radius 1 is 1.08 bits per heavy atom. The second-order valence-corrected chi connectivity index (χ2v) is 7.31. The topological polar surface area (TPSA) is 30.4 Å². The first-order valence-electron chi connectivity index (χ1n) is 8.31. The van der Waals surface area contributed by atoms with E-state index < -0.39 is 0 Å². The van der Waals surface area contributed by atoms with Crippen LogP contribution in [0.25, 0.3) is 16.7 Å². The van der Waals surface area contributed by atoms with Gasteiger partial charge in [-0.2, -0.15) is 0 Å². The van der Waals surface area contributed by atoms with E-state index in [2.05, 4.69) is 23.6 Å². The summed E-state index contributed by atoms with van der Waals surface area (Å²) in [6.45, 7) is 2.52. The van der Waals surface area contributed by atoms with E-state index in [1.807, 2.05) is 36.5 Å². The van der Waals surface area contributed by atoms with Crippen molar-refractivity contribution in [3.05, 3.63) is 87.4 Å². The van der Waals surface area contributed by atoms with Crippen LogP contribution in [0.15, 0.2) is 64.1 Å². The van der Waals surface area contributed by atoms with Crippen LogP contribution >= 0.6 is 23.2 Å². The molecule has 0 spiro atoms. The predicted molar refractivity (Wildman–Crippen MR) is 106 cm³/mol. The zero-order valence-electron chi connectivity index (χ0n) is 14.0. The van der Waals surface area contributed by atoms with Crippen molar-refractivity contribution >= 4 is 39.9 Å². The largest absolute Gasteiger partial charge is 0.454 e. The molecule has 0 aliphatic carbocycles. The number of fused-ring (bicyclic) bond motifs is 4. The molecule has 2 aromatic heterocycles. The third-order valence-electron chi connectivity index (χ3n) is 4.69. The third-order valence-corrected chi connectivity index (χ3v) is 5.25. The molecule has 0 bridgehead atoms. The molecule has 0 fully saturated rings. The highest BCUT2D eigenvalue weighted by Gasteiger charge is 2.22. The van der Waals surface area contributed by atoms with Gasteiger partial charge in [-0.25, -0.2) is 0 Å². The van der Waals surface area contributed by atoms with Gasteiger partial charge in [0.1, 0.15) is 11.3 Å². The minimum atomic E-state index is 0.471. The van der Waals surface area contributed by atoms with E-state index in [4.69, 9.17) is 32.6 Å². The Hall–Kier alpha value is -2.49. The van der Waals surface area contributed by atoms with Gasteiger partial charge in [-0.3, -0.25) is 4.99 Å². The van der Waals surface area contributed by atoms with Gasteiger partial charge in [-0.1, -0.05) is 35.3 Å². The number of rotatable bonds is 1. The minimum Gasteiger partial charge on any atom is -0.454 e. The van der Waals surface area contributed by atoms with E-state index in [1.54, 1.807) is 6.07 Å². The van der Waals surface area contributed by atoms with Crippen molar-refractivity contribution in [2.45, 2.75) is 13.5 Å². The van der Waals surface area contributed by atoms with Crippen LogP contribution < -0.4 is 0 Å². The second-order valence-electron chi connectivity index (χ2n) is 6.47. The normalized spacial score (nSPS) is 13.3. The predicted octanol–water partition coefficient (Wildman–Crippen LogP) is 6.19. The first-order valence-corrected chi connectivity index (χ1v) is 9.07. The Bertz CT molecular complexity index is 1200. The maximum atomic E-state index is 6.44. The summed E-state index contributed by atoms with van der Waals surface area (Å²) in [4.78, 5) is 4.83. The van der Waals surface area contributed by atoms with Crippen LogP contribution in [-0.4, -0.2) is 10.3 Å². The molecular weight excluding hydrogens is 367 g/mol. The molecule has 0 amide bonds. The number of benzene rings is 2. The van der Waals surface area contributed by atoms with E-state index in [-0.39, 0.29) is 0 Å². The van der Waals surface area contributed by atoms with Crippen molar-refractivity contribution in [1.82, 2.24) is 4.57 Å². The van der Waals surface area contributed by atoms with E-state index in [9.17, 15) is 0 Å². The zero-order chi connectivity index (χ0) is 17.8. The molecule has 0 unspecified atom stereocenters. The van der Waals surface area contributed by atoms with Crippen molar-refractivity contribution in [1.29, 1.82) is 0 Å². The van der Waals surface area contributed by atoms with Gasteiger partial charge in [0.25, 0.3) is 0 Å². The third kappa shape index (κ3) is 2.39. The molecule has 5 rings (SSSR count). The van der Waals surface area contributed by atoms with Crippen molar-refractivity contribution in [3.8, 4) is 5.69 Å². The number of hydrogen-bond donors (Lipinski definition) is 0. The maximum absolute atomic E-state index is 6.44. The van der Waals surface area contributed by atoms with Crippen LogP contribution in [0.2, 0.25) is 10.0 Å². The van der Waals surface area contributed by atoms with E-state index in [1.165, 1.54) is 5.56 Å². The highest BCUT2D eigenvalue weighted by Crippen LogP contribution is 2.33. The summed E-state index contributed by atoms with van der Waals surface area (Å²) in [6.07, 6.45) is 1.99. The first-order chi connectivity index (χ1) is 12.6. The van der Waals surface area contributed by atoms with Gasteiger partial charge >= 0.3 is 0 Å². The lowest BCUT2D eigenvalue weighted by atomic mass is 10.1. The molecule has 1 aliphatic heterocycles. The fraction of sp³-hybridized carbons (Fsp3) is 0.0952. The number of aryl methyl sites for hydroxylation is 1. The van der Waals surface area contributed by atoms with E-state index in [0.29, 0.717) is 16.6 Å². The summed E-state index contributed by atoms with van der Waals surface area (Å²) in [5, 5.41) is 2.29. The number of aromatic nitrogens is 1. The average molecular weight is 381 g/mol. The Morgan fingerprint density at radius 3 is 2.85 bits per heavy atom. The Labute approximate surface area is 160 Å². The monoisotopic (exact) mass is 380 g/mol. The van der Waals surface area contributed by atoms with Gasteiger partial charge in [-0.15, -0.1) is 0 Å². The molecule has 0 N–H and O–H groups in total. The van der Waals surface area contributed by atoms with Gasteiger partial charge < -0.3 is 8.98 Å². The number of halogens is 2. The SMILES string of the molecule is Cc1ccc2cc(C3=NCc4c(Cl)cc(Cl)cc4-n4cccc43)oc2c1. The molecular formula is C21H14Cl2N2O. The standard InChI is InChI=1S/C21H14Cl2N2O/c1-12-4-5-13-8-20(26-19(13)7-12)21-17-3-2-6-25(17)18-10-14(22)9-16(23)15(18)11-24-21/h2-10H,11H2,1H3. The number of nitrogens with zero attached hydrogens (tertiary/aromatic N) is 2. The smallest absolute Gasteiger partial charge is 0.155 e. The molecule has 0 saturated heterocycles. The van der Waals surface area contributed by atoms with Crippen molar-refractivity contribution in [2.75, 3.05) is 0 Å². The fourth-order valence-electron chi connectivity index (χ4n) is 3.44. The quantitative estimate of drug-likeness (QED) is 0.387. The molecule has 3 nitrogen and oxygen atoms in total. The first kappa shape index (κ1) is 15.7. The Morgan fingerprint density at radius 2 is 1.96 bits per heavy atom. The van der Waals surface area contributed by atoms with Gasteiger partial charge in [-0.05, 0) is 48.9 Å². The molecule has 5 heteroatoms. The van der Waals surface area contributed by atoms with Crippen LogP contribution in [0.3, 0.4) is 0 Å². The second kappa shape index (κ2) is 5.76. The highest BCUT2D eigenvalue weighted by atomic mass is 35.5. The van der Waals surface area contributed by atoms with Crippen LogP contribution in [0, 0.1) is 6.92 Å². The van der Waals surface area contributed by atoms with Crippen LogP contribution in [0.1, 0.15) is 22.6 Å². The molecule has 3 heterocycles. The lowest BCUT2D eigenvalue weighted by Gasteiger charge is -2.12. The van der Waals surface area contributed by atoms with Gasteiger partial charge in [0.05, 0.1) is 17.9 Å². The molecule has 0 radical (unpaired) electrons. The molecule has 128 valence electrons. The summed E-state index contributed by atoms with van der Waals surface area (Å²) in [5.41, 5.74) is 5.70. The van der Waals surface area contributed by atoms with Crippen LogP contribution in [0.4, 0.5) is 0 Å². The van der Waals surface area contributed by atoms with Crippen molar-refractivity contribution in [2.24, 2.45) is 4.99 Å². The Balaban J connectivity index is 1.73. The number of hydrogen-bond acceptors (Lipinski definition) is 2. The fourth-order valence-corrected chi connectivity index (χ4v) is 3.99. The Kier molecular flexibility index (Phi) is 3.49. The van der Waals surface area contributed by atoms with Gasteiger partial charge in [0.15, 0.2) is 5.76 Å². The molecule has 0 saturated carbocycles. The maximum Gasteiger partial charge on any atom is 0.155 e. The molecule has 26 heavy (non-hydrogen) atoms. The highest BCUT2D eigenvalue weighted by molar-refractivity contribution is 6.35. The molecule has 4 aromatic rings. The van der Waals surface area contributed by atoms with Crippen molar-refractivity contribution < 1.29 is 4.42 Å². The lowest BCUT2D eigenvalue weighted by molar-refractivity contribution is 0.604. The molecule has 0 atom stereocenters. The average Bonchev–Trinajstić information content (AvgIpc) is 3.20. The van der Waals surface area contributed by atoms with Gasteiger partial charge in [0, 0.05) is 27.2 Å².